The highest BCUT2D eigenvalue weighted by Gasteiger charge is 2.45. The summed E-state index contributed by atoms with van der Waals surface area (Å²) in [5, 5.41) is 11.7. The van der Waals surface area contributed by atoms with Crippen LogP contribution in [-0.2, 0) is 9.53 Å². The fraction of sp³-hybridized carbons (Fsp3) is 0.333. The Morgan fingerprint density at radius 2 is 1.75 bits per heavy atom. The average molecular weight is 493 g/mol. The number of furan rings is 1. The second-order valence-corrected chi connectivity index (χ2v) is 8.68. The summed E-state index contributed by atoms with van der Waals surface area (Å²) in [6.07, 6.45) is 0. The van der Waals surface area contributed by atoms with Gasteiger partial charge in [0.05, 0.1) is 39.0 Å². The van der Waals surface area contributed by atoms with Crippen molar-refractivity contribution in [3.8, 4) is 11.5 Å². The lowest BCUT2D eigenvalue weighted by Gasteiger charge is -2.32. The van der Waals surface area contributed by atoms with Crippen LogP contribution in [0.5, 0.6) is 11.5 Å². The third-order valence-electron chi connectivity index (χ3n) is 6.69. The van der Waals surface area contributed by atoms with E-state index >= 15 is 0 Å². The lowest BCUT2D eigenvalue weighted by molar-refractivity contribution is -0.129. The van der Waals surface area contributed by atoms with Crippen molar-refractivity contribution in [1.82, 2.24) is 9.80 Å². The monoisotopic (exact) mass is 492 g/mol. The Bertz CT molecular complexity index is 1320. The van der Waals surface area contributed by atoms with E-state index in [1.807, 2.05) is 12.1 Å². The summed E-state index contributed by atoms with van der Waals surface area (Å²) >= 11 is 0. The van der Waals surface area contributed by atoms with Crippen LogP contribution in [0.3, 0.4) is 0 Å². The number of ether oxygens (including phenoxy) is 3. The number of aliphatic hydroxyl groups is 1. The van der Waals surface area contributed by atoms with E-state index in [0.29, 0.717) is 54.3 Å². The lowest BCUT2D eigenvalue weighted by Crippen LogP contribution is -2.43. The number of amides is 1. The van der Waals surface area contributed by atoms with Crippen molar-refractivity contribution in [3.63, 3.8) is 0 Å². The van der Waals surface area contributed by atoms with Crippen LogP contribution in [0.2, 0.25) is 0 Å². The van der Waals surface area contributed by atoms with E-state index in [4.69, 9.17) is 18.6 Å². The summed E-state index contributed by atoms with van der Waals surface area (Å²) in [7, 11) is 3.05. The molecule has 1 saturated heterocycles. The first-order chi connectivity index (χ1) is 17.5. The molecular weight excluding hydrogens is 464 g/mol. The van der Waals surface area contributed by atoms with Gasteiger partial charge in [0, 0.05) is 37.1 Å². The third kappa shape index (κ3) is 4.20. The molecule has 1 amide bonds. The molecule has 1 aromatic heterocycles. The van der Waals surface area contributed by atoms with Crippen molar-refractivity contribution in [2.75, 3.05) is 53.6 Å². The van der Waals surface area contributed by atoms with Crippen LogP contribution in [0.15, 0.2) is 64.3 Å². The Hall–Kier alpha value is -3.82. The van der Waals surface area contributed by atoms with Gasteiger partial charge >= 0.3 is 0 Å². The number of fused-ring (bicyclic) bond motifs is 1. The van der Waals surface area contributed by atoms with E-state index in [0.717, 1.165) is 13.1 Å². The summed E-state index contributed by atoms with van der Waals surface area (Å²) < 4.78 is 22.2. The topological polar surface area (TPSA) is 102 Å². The SMILES string of the molecule is COc1ccccc1[C@@H]1C(C(=O)c2cc3cccc(OC)c3o2)=C(O)C(=O)N1CCN1CCOCC1. The van der Waals surface area contributed by atoms with E-state index in [9.17, 15) is 14.7 Å². The number of Topliss-reactive ketones (excluding diaryl/α,β-unsaturated/α-hetero) is 1. The molecule has 1 fully saturated rings. The van der Waals surface area contributed by atoms with E-state index in [-0.39, 0.29) is 11.3 Å². The number of benzene rings is 2. The number of rotatable bonds is 8. The van der Waals surface area contributed by atoms with Crippen molar-refractivity contribution in [2.24, 2.45) is 0 Å². The molecule has 36 heavy (non-hydrogen) atoms. The normalized spacial score (nSPS) is 18.8. The maximum absolute atomic E-state index is 13.8. The molecule has 3 heterocycles. The summed E-state index contributed by atoms with van der Waals surface area (Å²) in [5.41, 5.74) is 0.992. The molecule has 9 nitrogen and oxygen atoms in total. The van der Waals surface area contributed by atoms with Crippen LogP contribution < -0.4 is 9.47 Å². The molecular formula is C27H28N2O7. The number of ketones is 1. The largest absolute Gasteiger partial charge is 0.503 e. The first-order valence-corrected chi connectivity index (χ1v) is 11.8. The Kier molecular flexibility index (Phi) is 6.67. The number of hydrogen-bond acceptors (Lipinski definition) is 8. The maximum atomic E-state index is 13.8. The highest BCUT2D eigenvalue weighted by molar-refractivity contribution is 6.16. The number of carbonyl (C=O) groups is 2. The van der Waals surface area contributed by atoms with Crippen molar-refractivity contribution < 1.29 is 33.3 Å². The molecule has 2 aliphatic heterocycles. The zero-order valence-electron chi connectivity index (χ0n) is 20.2. The molecule has 1 N–H and O–H groups in total. The number of nitrogens with zero attached hydrogens (tertiary/aromatic N) is 2. The van der Waals surface area contributed by atoms with Crippen molar-refractivity contribution in [3.05, 3.63) is 71.2 Å². The van der Waals surface area contributed by atoms with Gasteiger partial charge in [-0.3, -0.25) is 14.5 Å². The summed E-state index contributed by atoms with van der Waals surface area (Å²) in [5.74, 6) is -0.734. The van der Waals surface area contributed by atoms with Gasteiger partial charge in [-0.25, -0.2) is 0 Å². The molecule has 9 heteroatoms. The Labute approximate surface area is 208 Å². The first-order valence-electron chi connectivity index (χ1n) is 11.8. The van der Waals surface area contributed by atoms with Crippen molar-refractivity contribution in [2.45, 2.75) is 6.04 Å². The molecule has 5 rings (SSSR count). The van der Waals surface area contributed by atoms with E-state index < -0.39 is 23.5 Å². The number of methoxy groups -OCH3 is 2. The summed E-state index contributed by atoms with van der Waals surface area (Å²) in [6, 6.07) is 13.3. The van der Waals surface area contributed by atoms with Crippen molar-refractivity contribution >= 4 is 22.7 Å². The van der Waals surface area contributed by atoms with Gasteiger partial charge < -0.3 is 28.6 Å². The molecule has 0 unspecified atom stereocenters. The summed E-state index contributed by atoms with van der Waals surface area (Å²) in [6.45, 7) is 3.67. The standard InChI is InChI=1S/C27H28N2O7/c1-33-19-8-4-3-7-18(19)23-22(24(30)21-16-17-6-5-9-20(34-2)26(17)36-21)25(31)27(32)29(23)11-10-28-12-14-35-15-13-28/h3-9,16,23,31H,10-15H2,1-2H3/t23-/m1/s1. The van der Waals surface area contributed by atoms with Gasteiger partial charge in [0.2, 0.25) is 5.78 Å². The predicted octanol–water partition coefficient (Wildman–Crippen LogP) is 3.36. The van der Waals surface area contributed by atoms with Gasteiger partial charge in [0.15, 0.2) is 22.9 Å². The third-order valence-corrected chi connectivity index (χ3v) is 6.69. The molecule has 2 aromatic carbocycles. The summed E-state index contributed by atoms with van der Waals surface area (Å²) in [4.78, 5) is 30.8. The fourth-order valence-electron chi connectivity index (χ4n) is 4.85. The van der Waals surface area contributed by atoms with Gasteiger partial charge in [0.25, 0.3) is 5.91 Å². The van der Waals surface area contributed by atoms with Crippen LogP contribution >= 0.6 is 0 Å². The minimum Gasteiger partial charge on any atom is -0.503 e. The molecule has 2 aliphatic rings. The Morgan fingerprint density at radius 3 is 2.50 bits per heavy atom. The Morgan fingerprint density at radius 1 is 1.03 bits per heavy atom. The van der Waals surface area contributed by atoms with E-state index in [1.54, 1.807) is 36.4 Å². The van der Waals surface area contributed by atoms with Gasteiger partial charge in [-0.15, -0.1) is 0 Å². The molecule has 3 aromatic rings. The highest BCUT2D eigenvalue weighted by Crippen LogP contribution is 2.43. The average Bonchev–Trinajstić information content (AvgIpc) is 3.46. The Balaban J connectivity index is 1.54. The number of aliphatic hydroxyl groups excluding tert-OH is 1. The molecule has 188 valence electrons. The second kappa shape index (κ2) is 10.0. The smallest absolute Gasteiger partial charge is 0.290 e. The molecule has 1 atom stereocenters. The molecule has 0 bridgehead atoms. The van der Waals surface area contributed by atoms with Crippen LogP contribution in [0.25, 0.3) is 11.0 Å². The predicted molar refractivity (Wildman–Crippen MR) is 131 cm³/mol. The van der Waals surface area contributed by atoms with Crippen LogP contribution in [0.1, 0.15) is 22.2 Å². The van der Waals surface area contributed by atoms with Crippen molar-refractivity contribution in [1.29, 1.82) is 0 Å². The molecule has 0 radical (unpaired) electrons. The number of morpholine rings is 1. The zero-order valence-corrected chi connectivity index (χ0v) is 20.2. The van der Waals surface area contributed by atoms with Gasteiger partial charge in [-0.05, 0) is 18.2 Å². The fourth-order valence-corrected chi connectivity index (χ4v) is 4.85. The van der Waals surface area contributed by atoms with Gasteiger partial charge in [-0.1, -0.05) is 30.3 Å². The van der Waals surface area contributed by atoms with E-state index in [1.165, 1.54) is 19.1 Å². The van der Waals surface area contributed by atoms with Crippen LogP contribution in [-0.4, -0.2) is 80.2 Å². The number of carbonyl (C=O) groups excluding carboxylic acids is 2. The maximum Gasteiger partial charge on any atom is 0.290 e. The van der Waals surface area contributed by atoms with Crippen LogP contribution in [0, 0.1) is 0 Å². The quantitative estimate of drug-likeness (QED) is 0.478. The molecule has 0 saturated carbocycles. The van der Waals surface area contributed by atoms with Gasteiger partial charge in [-0.2, -0.15) is 0 Å². The minimum atomic E-state index is -0.836. The van der Waals surface area contributed by atoms with Crippen LogP contribution in [0.4, 0.5) is 0 Å². The molecule has 0 aliphatic carbocycles. The number of hydrogen-bond donors (Lipinski definition) is 1. The number of para-hydroxylation sites is 2. The molecule has 0 spiro atoms. The van der Waals surface area contributed by atoms with E-state index in [2.05, 4.69) is 4.90 Å². The lowest BCUT2D eigenvalue weighted by atomic mass is 9.94. The van der Waals surface area contributed by atoms with Gasteiger partial charge in [0.1, 0.15) is 5.75 Å². The first kappa shape index (κ1) is 23.9. The second-order valence-electron chi connectivity index (χ2n) is 8.68. The zero-order chi connectivity index (χ0) is 25.2. The highest BCUT2D eigenvalue weighted by atomic mass is 16.5. The minimum absolute atomic E-state index is 0.0128.